The largest absolute Gasteiger partial charge is 0.494 e. The Morgan fingerprint density at radius 2 is 2.21 bits per heavy atom. The molecule has 1 aliphatic heterocycles. The van der Waals surface area contributed by atoms with Gasteiger partial charge in [-0.05, 0) is 57.8 Å². The average Bonchev–Trinajstić information content (AvgIpc) is 2.92. The molecule has 0 amide bonds. The van der Waals surface area contributed by atoms with Gasteiger partial charge in [0.15, 0.2) is 0 Å². The lowest BCUT2D eigenvalue weighted by atomic mass is 10.1. The summed E-state index contributed by atoms with van der Waals surface area (Å²) in [5.41, 5.74) is 0. The van der Waals surface area contributed by atoms with Gasteiger partial charge in [0, 0.05) is 12.1 Å². The van der Waals surface area contributed by atoms with Crippen molar-refractivity contribution < 1.29 is 4.74 Å². The third-order valence-corrected chi connectivity index (χ3v) is 3.63. The van der Waals surface area contributed by atoms with Crippen molar-refractivity contribution in [1.29, 1.82) is 0 Å². The van der Waals surface area contributed by atoms with Gasteiger partial charge < -0.3 is 15.4 Å². The second-order valence-corrected chi connectivity index (χ2v) is 5.40. The molecule has 1 fully saturated rings. The Hall–Kier alpha value is -1.06. The first-order valence-electron chi connectivity index (χ1n) is 7.49. The maximum Gasteiger partial charge on any atom is 0.119 e. The van der Waals surface area contributed by atoms with E-state index in [0.29, 0.717) is 6.04 Å². The standard InChI is InChI=1S/C16H26N2O/c1-14(13-15-7-5-10-18-15)17-11-6-12-19-16-8-3-2-4-9-16/h2-4,8-9,14-15,17-18H,5-7,10-13H2,1H3. The van der Waals surface area contributed by atoms with Crippen molar-refractivity contribution in [2.45, 2.75) is 44.7 Å². The maximum absolute atomic E-state index is 5.67. The van der Waals surface area contributed by atoms with Gasteiger partial charge in [0.1, 0.15) is 5.75 Å². The maximum atomic E-state index is 5.67. The van der Waals surface area contributed by atoms with E-state index in [2.05, 4.69) is 17.6 Å². The number of hydrogen-bond acceptors (Lipinski definition) is 3. The van der Waals surface area contributed by atoms with E-state index >= 15 is 0 Å². The molecule has 1 aromatic carbocycles. The number of nitrogens with one attached hydrogen (secondary N) is 2. The van der Waals surface area contributed by atoms with Crippen LogP contribution in [0, 0.1) is 0 Å². The highest BCUT2D eigenvalue weighted by molar-refractivity contribution is 5.20. The van der Waals surface area contributed by atoms with Crippen molar-refractivity contribution in [2.24, 2.45) is 0 Å². The van der Waals surface area contributed by atoms with Crippen LogP contribution < -0.4 is 15.4 Å². The Morgan fingerprint density at radius 1 is 1.37 bits per heavy atom. The molecule has 2 rings (SSSR count). The smallest absolute Gasteiger partial charge is 0.119 e. The number of hydrogen-bond donors (Lipinski definition) is 2. The molecule has 0 saturated carbocycles. The quantitative estimate of drug-likeness (QED) is 0.707. The van der Waals surface area contributed by atoms with Crippen molar-refractivity contribution in [3.05, 3.63) is 30.3 Å². The molecule has 0 aliphatic carbocycles. The van der Waals surface area contributed by atoms with E-state index in [1.54, 1.807) is 0 Å². The Labute approximate surface area is 116 Å². The predicted octanol–water partition coefficient (Wildman–Crippen LogP) is 2.58. The summed E-state index contributed by atoms with van der Waals surface area (Å²) in [5, 5.41) is 7.12. The fraction of sp³-hybridized carbons (Fsp3) is 0.625. The van der Waals surface area contributed by atoms with Gasteiger partial charge in [0.2, 0.25) is 0 Å². The van der Waals surface area contributed by atoms with Crippen LogP contribution in [0.15, 0.2) is 30.3 Å². The second-order valence-electron chi connectivity index (χ2n) is 5.40. The molecule has 2 N–H and O–H groups in total. The van der Waals surface area contributed by atoms with Crippen LogP contribution >= 0.6 is 0 Å². The van der Waals surface area contributed by atoms with Crippen LogP contribution in [-0.2, 0) is 0 Å². The zero-order chi connectivity index (χ0) is 13.3. The SMILES string of the molecule is CC(CC1CCCN1)NCCCOc1ccccc1. The van der Waals surface area contributed by atoms with E-state index in [1.807, 2.05) is 30.3 Å². The minimum Gasteiger partial charge on any atom is -0.494 e. The van der Waals surface area contributed by atoms with Gasteiger partial charge in [-0.25, -0.2) is 0 Å². The highest BCUT2D eigenvalue weighted by atomic mass is 16.5. The Balaban J connectivity index is 1.49. The summed E-state index contributed by atoms with van der Waals surface area (Å²) < 4.78 is 5.67. The minimum atomic E-state index is 0.590. The summed E-state index contributed by atoms with van der Waals surface area (Å²) in [4.78, 5) is 0. The summed E-state index contributed by atoms with van der Waals surface area (Å²) in [6, 6.07) is 11.3. The summed E-state index contributed by atoms with van der Waals surface area (Å²) in [6.07, 6.45) is 4.96. The number of para-hydroxylation sites is 1. The third kappa shape index (κ3) is 5.62. The zero-order valence-electron chi connectivity index (χ0n) is 11.9. The highest BCUT2D eigenvalue weighted by Crippen LogP contribution is 2.11. The fourth-order valence-corrected chi connectivity index (χ4v) is 2.60. The lowest BCUT2D eigenvalue weighted by Crippen LogP contribution is -2.34. The molecule has 1 saturated heterocycles. The Bertz CT molecular complexity index is 336. The van der Waals surface area contributed by atoms with Crippen molar-refractivity contribution in [3.63, 3.8) is 0 Å². The molecule has 0 bridgehead atoms. The van der Waals surface area contributed by atoms with Crippen LogP contribution in [0.3, 0.4) is 0 Å². The van der Waals surface area contributed by atoms with Gasteiger partial charge in [-0.15, -0.1) is 0 Å². The van der Waals surface area contributed by atoms with E-state index < -0.39 is 0 Å². The zero-order valence-corrected chi connectivity index (χ0v) is 11.9. The lowest BCUT2D eigenvalue weighted by molar-refractivity contribution is 0.303. The molecule has 1 aromatic rings. The summed E-state index contributed by atoms with van der Waals surface area (Å²) in [7, 11) is 0. The van der Waals surface area contributed by atoms with Crippen molar-refractivity contribution in [2.75, 3.05) is 19.7 Å². The number of benzene rings is 1. The van der Waals surface area contributed by atoms with Crippen molar-refractivity contribution in [3.8, 4) is 5.75 Å². The first-order valence-corrected chi connectivity index (χ1v) is 7.49. The highest BCUT2D eigenvalue weighted by Gasteiger charge is 2.16. The molecule has 0 radical (unpaired) electrons. The van der Waals surface area contributed by atoms with Crippen LogP contribution in [0.25, 0.3) is 0 Å². The monoisotopic (exact) mass is 262 g/mol. The predicted molar refractivity (Wildman–Crippen MR) is 79.7 cm³/mol. The van der Waals surface area contributed by atoms with Crippen LogP contribution in [0.4, 0.5) is 0 Å². The third-order valence-electron chi connectivity index (χ3n) is 3.63. The molecular formula is C16H26N2O. The van der Waals surface area contributed by atoms with Gasteiger partial charge in [-0.1, -0.05) is 18.2 Å². The van der Waals surface area contributed by atoms with E-state index in [-0.39, 0.29) is 0 Å². The topological polar surface area (TPSA) is 33.3 Å². The molecule has 106 valence electrons. The normalized spacial score (nSPS) is 20.4. The Kier molecular flexibility index (Phi) is 6.18. The second kappa shape index (κ2) is 8.18. The molecule has 0 aromatic heterocycles. The van der Waals surface area contributed by atoms with Crippen molar-refractivity contribution in [1.82, 2.24) is 10.6 Å². The average molecular weight is 262 g/mol. The van der Waals surface area contributed by atoms with Gasteiger partial charge >= 0.3 is 0 Å². The van der Waals surface area contributed by atoms with E-state index in [9.17, 15) is 0 Å². The van der Waals surface area contributed by atoms with Gasteiger partial charge in [-0.2, -0.15) is 0 Å². The molecule has 3 nitrogen and oxygen atoms in total. The van der Waals surface area contributed by atoms with Gasteiger partial charge in [0.25, 0.3) is 0 Å². The van der Waals surface area contributed by atoms with Gasteiger partial charge in [0.05, 0.1) is 6.61 Å². The van der Waals surface area contributed by atoms with Crippen LogP contribution in [-0.4, -0.2) is 31.8 Å². The van der Waals surface area contributed by atoms with Crippen LogP contribution in [0.2, 0.25) is 0 Å². The Morgan fingerprint density at radius 3 is 2.95 bits per heavy atom. The summed E-state index contributed by atoms with van der Waals surface area (Å²) >= 11 is 0. The first-order chi connectivity index (χ1) is 9.34. The molecule has 3 heteroatoms. The molecule has 19 heavy (non-hydrogen) atoms. The molecule has 2 unspecified atom stereocenters. The van der Waals surface area contributed by atoms with Crippen LogP contribution in [0.1, 0.15) is 32.6 Å². The summed E-state index contributed by atoms with van der Waals surface area (Å²) in [5.74, 6) is 0.964. The van der Waals surface area contributed by atoms with E-state index in [0.717, 1.165) is 31.4 Å². The molecule has 1 aliphatic rings. The number of rotatable bonds is 8. The van der Waals surface area contributed by atoms with E-state index in [1.165, 1.54) is 25.8 Å². The molecule has 2 atom stereocenters. The summed E-state index contributed by atoms with van der Waals surface area (Å²) in [6.45, 7) is 5.28. The van der Waals surface area contributed by atoms with Gasteiger partial charge in [-0.3, -0.25) is 0 Å². The fourth-order valence-electron chi connectivity index (χ4n) is 2.60. The molecule has 1 heterocycles. The first kappa shape index (κ1) is 14.4. The molecule has 0 spiro atoms. The van der Waals surface area contributed by atoms with E-state index in [4.69, 9.17) is 4.74 Å². The number of ether oxygens (including phenoxy) is 1. The van der Waals surface area contributed by atoms with Crippen LogP contribution in [0.5, 0.6) is 5.75 Å². The van der Waals surface area contributed by atoms with Crippen molar-refractivity contribution >= 4 is 0 Å². The minimum absolute atomic E-state index is 0.590. The molecular weight excluding hydrogens is 236 g/mol. The lowest BCUT2D eigenvalue weighted by Gasteiger charge is -2.18.